The van der Waals surface area contributed by atoms with Gasteiger partial charge in [-0.25, -0.2) is 9.78 Å². The molecule has 0 unspecified atom stereocenters. The first-order chi connectivity index (χ1) is 11.8. The minimum Gasteiger partial charge on any atom is -0.422 e. The first-order valence-corrected chi connectivity index (χ1v) is 8.81. The molecular formula is C17H23N5O2. The average Bonchev–Trinajstić information content (AvgIpc) is 3.18. The monoisotopic (exact) mass is 329 g/mol. The highest BCUT2D eigenvalue weighted by atomic mass is 16.4. The van der Waals surface area contributed by atoms with Gasteiger partial charge in [0.2, 0.25) is 5.65 Å². The molecule has 2 aromatic heterocycles. The number of hydrogen-bond acceptors (Lipinski definition) is 5. The van der Waals surface area contributed by atoms with Crippen molar-refractivity contribution in [2.24, 2.45) is 0 Å². The third-order valence-electron chi connectivity index (χ3n) is 4.89. The molecule has 2 amide bonds. The molecule has 1 N–H and O–H groups in total. The molecule has 3 heterocycles. The number of pyridine rings is 1. The number of aromatic nitrogens is 2. The van der Waals surface area contributed by atoms with Crippen molar-refractivity contribution in [1.29, 1.82) is 0 Å². The van der Waals surface area contributed by atoms with E-state index < -0.39 is 0 Å². The second kappa shape index (κ2) is 6.67. The third kappa shape index (κ3) is 3.16. The van der Waals surface area contributed by atoms with Crippen LogP contribution in [0.1, 0.15) is 32.1 Å². The van der Waals surface area contributed by atoms with Crippen LogP contribution in [0.15, 0.2) is 22.7 Å². The van der Waals surface area contributed by atoms with Gasteiger partial charge in [-0.2, -0.15) is 4.98 Å². The van der Waals surface area contributed by atoms with E-state index in [2.05, 4.69) is 20.2 Å². The molecule has 2 aromatic rings. The van der Waals surface area contributed by atoms with E-state index in [4.69, 9.17) is 4.42 Å². The Morgan fingerprint density at radius 2 is 2.04 bits per heavy atom. The normalized spacial score (nSPS) is 19.7. The van der Waals surface area contributed by atoms with Crippen molar-refractivity contribution in [1.82, 2.24) is 20.2 Å². The number of carbonyl (C=O) groups excluding carboxylic acids is 1. The number of fused-ring (bicyclic) bond motifs is 1. The van der Waals surface area contributed by atoms with Crippen molar-refractivity contribution in [3.63, 3.8) is 0 Å². The zero-order valence-electron chi connectivity index (χ0n) is 13.8. The molecule has 1 aliphatic heterocycles. The van der Waals surface area contributed by atoms with Crippen molar-refractivity contribution in [3.05, 3.63) is 18.3 Å². The second-order valence-corrected chi connectivity index (χ2v) is 6.58. The van der Waals surface area contributed by atoms with E-state index in [-0.39, 0.29) is 6.03 Å². The molecule has 2 fully saturated rings. The molecule has 24 heavy (non-hydrogen) atoms. The Kier molecular flexibility index (Phi) is 4.23. The van der Waals surface area contributed by atoms with Gasteiger partial charge in [-0.15, -0.1) is 0 Å². The van der Waals surface area contributed by atoms with Crippen molar-refractivity contribution >= 4 is 23.3 Å². The lowest BCUT2D eigenvalue weighted by Gasteiger charge is -2.23. The maximum absolute atomic E-state index is 12.4. The zero-order valence-corrected chi connectivity index (χ0v) is 13.8. The highest BCUT2D eigenvalue weighted by molar-refractivity contribution is 5.74. The first kappa shape index (κ1) is 15.2. The van der Waals surface area contributed by atoms with Gasteiger partial charge in [-0.1, -0.05) is 12.8 Å². The molecule has 7 heteroatoms. The zero-order chi connectivity index (χ0) is 16.4. The summed E-state index contributed by atoms with van der Waals surface area (Å²) in [6.07, 6.45) is 7.30. The SMILES string of the molecule is O=C(NC1CCCC1)N1CCCN(c2nc3ncccc3o2)CC1. The minimum atomic E-state index is 0.0722. The second-order valence-electron chi connectivity index (χ2n) is 6.58. The lowest BCUT2D eigenvalue weighted by Crippen LogP contribution is -2.45. The molecule has 128 valence electrons. The summed E-state index contributed by atoms with van der Waals surface area (Å²) in [6, 6.07) is 4.75. The molecule has 0 aromatic carbocycles. The number of rotatable bonds is 2. The van der Waals surface area contributed by atoms with E-state index in [1.165, 1.54) is 12.8 Å². The summed E-state index contributed by atoms with van der Waals surface area (Å²) in [4.78, 5) is 25.1. The Labute approximate surface area is 141 Å². The highest BCUT2D eigenvalue weighted by Crippen LogP contribution is 2.22. The fourth-order valence-corrected chi connectivity index (χ4v) is 3.54. The Hall–Kier alpha value is -2.31. The highest BCUT2D eigenvalue weighted by Gasteiger charge is 2.24. The standard InChI is InChI=1S/C17H23N5O2/c23-16(19-13-5-1-2-6-13)21-9-4-10-22(12-11-21)17-20-15-14(24-17)7-3-8-18-15/h3,7-8,13H,1-2,4-6,9-12H2,(H,19,23). The molecule has 7 nitrogen and oxygen atoms in total. The van der Waals surface area contributed by atoms with Gasteiger partial charge in [0.15, 0.2) is 5.58 Å². The van der Waals surface area contributed by atoms with Crippen LogP contribution in [0.2, 0.25) is 0 Å². The number of urea groups is 1. The van der Waals surface area contributed by atoms with Gasteiger partial charge < -0.3 is 19.5 Å². The van der Waals surface area contributed by atoms with E-state index in [0.717, 1.165) is 38.9 Å². The van der Waals surface area contributed by atoms with Crippen molar-refractivity contribution in [2.45, 2.75) is 38.1 Å². The Bertz CT molecular complexity index is 677. The summed E-state index contributed by atoms with van der Waals surface area (Å²) in [7, 11) is 0. The molecule has 2 aliphatic rings. The van der Waals surface area contributed by atoms with Gasteiger partial charge in [-0.05, 0) is 31.4 Å². The molecule has 1 saturated carbocycles. The fourth-order valence-electron chi connectivity index (χ4n) is 3.54. The predicted octanol–water partition coefficient (Wildman–Crippen LogP) is 2.39. The van der Waals surface area contributed by atoms with Crippen LogP contribution in [0.4, 0.5) is 10.8 Å². The van der Waals surface area contributed by atoms with Gasteiger partial charge in [-0.3, -0.25) is 0 Å². The number of anilines is 1. The molecule has 1 saturated heterocycles. The molecule has 4 rings (SSSR count). The molecule has 1 aliphatic carbocycles. The predicted molar refractivity (Wildman–Crippen MR) is 91.0 cm³/mol. The van der Waals surface area contributed by atoms with Gasteiger partial charge in [0, 0.05) is 38.4 Å². The number of carbonyl (C=O) groups is 1. The quantitative estimate of drug-likeness (QED) is 0.915. The fraction of sp³-hybridized carbons (Fsp3) is 0.588. The van der Waals surface area contributed by atoms with Crippen LogP contribution >= 0.6 is 0 Å². The molecule has 0 atom stereocenters. The molecule has 0 bridgehead atoms. The molecule has 0 radical (unpaired) electrons. The summed E-state index contributed by atoms with van der Waals surface area (Å²) in [5.74, 6) is 0. The van der Waals surface area contributed by atoms with Crippen LogP contribution in [0.3, 0.4) is 0 Å². The lowest BCUT2D eigenvalue weighted by atomic mass is 10.2. The summed E-state index contributed by atoms with van der Waals surface area (Å²) in [5, 5.41) is 3.17. The topological polar surface area (TPSA) is 74.5 Å². The number of oxazole rings is 1. The Balaban J connectivity index is 1.39. The number of hydrogen-bond donors (Lipinski definition) is 1. The van der Waals surface area contributed by atoms with Crippen LogP contribution in [0, 0.1) is 0 Å². The molecule has 0 spiro atoms. The summed E-state index contributed by atoms with van der Waals surface area (Å²) < 4.78 is 5.80. The average molecular weight is 329 g/mol. The van der Waals surface area contributed by atoms with E-state index in [1.54, 1.807) is 6.20 Å². The van der Waals surface area contributed by atoms with Crippen molar-refractivity contribution in [3.8, 4) is 0 Å². The third-order valence-corrected chi connectivity index (χ3v) is 4.89. The van der Waals surface area contributed by atoms with Crippen molar-refractivity contribution in [2.75, 3.05) is 31.1 Å². The number of nitrogens with one attached hydrogen (secondary N) is 1. The Morgan fingerprint density at radius 3 is 2.88 bits per heavy atom. The van der Waals surface area contributed by atoms with Crippen LogP contribution in [-0.2, 0) is 0 Å². The Morgan fingerprint density at radius 1 is 1.17 bits per heavy atom. The summed E-state index contributed by atoms with van der Waals surface area (Å²) >= 11 is 0. The van der Waals surface area contributed by atoms with E-state index in [0.29, 0.717) is 29.8 Å². The van der Waals surface area contributed by atoms with Gasteiger partial charge >= 0.3 is 6.03 Å². The van der Waals surface area contributed by atoms with E-state index in [1.807, 2.05) is 17.0 Å². The van der Waals surface area contributed by atoms with Gasteiger partial charge in [0.05, 0.1) is 0 Å². The van der Waals surface area contributed by atoms with Gasteiger partial charge in [0.25, 0.3) is 6.01 Å². The van der Waals surface area contributed by atoms with Crippen LogP contribution in [0.5, 0.6) is 0 Å². The number of amides is 2. The minimum absolute atomic E-state index is 0.0722. The van der Waals surface area contributed by atoms with E-state index >= 15 is 0 Å². The van der Waals surface area contributed by atoms with Crippen molar-refractivity contribution < 1.29 is 9.21 Å². The smallest absolute Gasteiger partial charge is 0.317 e. The van der Waals surface area contributed by atoms with Crippen LogP contribution in [0.25, 0.3) is 11.2 Å². The summed E-state index contributed by atoms with van der Waals surface area (Å²) in [6.45, 7) is 3.02. The van der Waals surface area contributed by atoms with Gasteiger partial charge in [0.1, 0.15) is 0 Å². The van der Waals surface area contributed by atoms with E-state index in [9.17, 15) is 4.79 Å². The maximum atomic E-state index is 12.4. The number of nitrogens with zero attached hydrogens (tertiary/aromatic N) is 4. The van der Waals surface area contributed by atoms with Crippen LogP contribution in [-0.4, -0.2) is 53.1 Å². The lowest BCUT2D eigenvalue weighted by molar-refractivity contribution is 0.197. The largest absolute Gasteiger partial charge is 0.422 e. The summed E-state index contributed by atoms with van der Waals surface area (Å²) in [5.41, 5.74) is 1.33. The first-order valence-electron chi connectivity index (χ1n) is 8.81. The van der Waals surface area contributed by atoms with Crippen LogP contribution < -0.4 is 10.2 Å². The maximum Gasteiger partial charge on any atom is 0.317 e. The molecular weight excluding hydrogens is 306 g/mol.